The molecule has 0 radical (unpaired) electrons. The van der Waals surface area contributed by atoms with Gasteiger partial charge in [-0.25, -0.2) is 9.78 Å². The van der Waals surface area contributed by atoms with Crippen LogP contribution in [0.15, 0.2) is 41.3 Å². The zero-order chi connectivity index (χ0) is 14.1. The van der Waals surface area contributed by atoms with E-state index in [0.717, 1.165) is 5.75 Å². The number of benzene rings is 1. The number of ether oxygens (including phenoxy) is 1. The SMILES string of the molecule is CC(C)c1cccc(Oc2ccnc3[nH]c(=O)[nH]c23)c1. The van der Waals surface area contributed by atoms with Crippen molar-refractivity contribution in [3.63, 3.8) is 0 Å². The van der Waals surface area contributed by atoms with Gasteiger partial charge < -0.3 is 9.72 Å². The molecule has 102 valence electrons. The predicted octanol–water partition coefficient (Wildman–Crippen LogP) is 3.17. The maximum atomic E-state index is 11.3. The Morgan fingerprint density at radius 1 is 1.20 bits per heavy atom. The van der Waals surface area contributed by atoms with Gasteiger partial charge in [-0.1, -0.05) is 26.0 Å². The summed E-state index contributed by atoms with van der Waals surface area (Å²) in [6, 6.07) is 9.65. The van der Waals surface area contributed by atoms with Gasteiger partial charge in [0.15, 0.2) is 11.4 Å². The molecule has 0 saturated heterocycles. The summed E-state index contributed by atoms with van der Waals surface area (Å²) >= 11 is 0. The molecule has 0 aliphatic rings. The Morgan fingerprint density at radius 3 is 2.85 bits per heavy atom. The maximum absolute atomic E-state index is 11.3. The molecule has 0 bridgehead atoms. The molecule has 20 heavy (non-hydrogen) atoms. The van der Waals surface area contributed by atoms with Crippen molar-refractivity contribution < 1.29 is 4.74 Å². The third-order valence-electron chi connectivity index (χ3n) is 3.14. The number of nitrogens with one attached hydrogen (secondary N) is 2. The quantitative estimate of drug-likeness (QED) is 0.767. The predicted molar refractivity (Wildman–Crippen MR) is 77.3 cm³/mol. The Hall–Kier alpha value is -2.56. The highest BCUT2D eigenvalue weighted by molar-refractivity contribution is 5.77. The molecule has 3 rings (SSSR count). The van der Waals surface area contributed by atoms with Gasteiger partial charge >= 0.3 is 5.69 Å². The number of nitrogens with zero attached hydrogens (tertiary/aromatic N) is 1. The fraction of sp³-hybridized carbons (Fsp3) is 0.200. The van der Waals surface area contributed by atoms with E-state index in [1.165, 1.54) is 5.56 Å². The van der Waals surface area contributed by atoms with Crippen LogP contribution in [0.2, 0.25) is 0 Å². The van der Waals surface area contributed by atoms with E-state index in [2.05, 4.69) is 34.9 Å². The zero-order valence-corrected chi connectivity index (χ0v) is 11.3. The highest BCUT2D eigenvalue weighted by atomic mass is 16.5. The molecule has 0 saturated carbocycles. The first-order valence-electron chi connectivity index (χ1n) is 6.48. The molecule has 2 N–H and O–H groups in total. The largest absolute Gasteiger partial charge is 0.455 e. The van der Waals surface area contributed by atoms with Crippen molar-refractivity contribution in [1.29, 1.82) is 0 Å². The lowest BCUT2D eigenvalue weighted by molar-refractivity contribution is 0.485. The van der Waals surface area contributed by atoms with E-state index in [-0.39, 0.29) is 5.69 Å². The molecule has 0 aliphatic heterocycles. The van der Waals surface area contributed by atoms with Crippen LogP contribution >= 0.6 is 0 Å². The Morgan fingerprint density at radius 2 is 2.05 bits per heavy atom. The lowest BCUT2D eigenvalue weighted by Gasteiger charge is -2.09. The van der Waals surface area contributed by atoms with E-state index < -0.39 is 0 Å². The molecule has 0 atom stereocenters. The van der Waals surface area contributed by atoms with E-state index in [1.54, 1.807) is 12.3 Å². The number of H-pyrrole nitrogens is 2. The van der Waals surface area contributed by atoms with Gasteiger partial charge in [-0.2, -0.15) is 0 Å². The Kier molecular flexibility index (Phi) is 3.02. The number of imidazole rings is 1. The first kappa shape index (κ1) is 12.5. The second kappa shape index (κ2) is 4.85. The van der Waals surface area contributed by atoms with Crippen LogP contribution in [0.3, 0.4) is 0 Å². The summed E-state index contributed by atoms with van der Waals surface area (Å²) < 4.78 is 5.87. The van der Waals surface area contributed by atoms with Crippen molar-refractivity contribution in [3.8, 4) is 11.5 Å². The van der Waals surface area contributed by atoms with Crippen LogP contribution in [0.25, 0.3) is 11.2 Å². The van der Waals surface area contributed by atoms with Gasteiger partial charge in [0.2, 0.25) is 0 Å². The van der Waals surface area contributed by atoms with Gasteiger partial charge in [0, 0.05) is 12.3 Å². The fourth-order valence-electron chi connectivity index (χ4n) is 2.06. The van der Waals surface area contributed by atoms with Gasteiger partial charge in [0.1, 0.15) is 11.3 Å². The Bertz CT molecular complexity index is 802. The van der Waals surface area contributed by atoms with Crippen molar-refractivity contribution >= 4 is 11.2 Å². The first-order chi connectivity index (χ1) is 9.63. The van der Waals surface area contributed by atoms with Gasteiger partial charge in [-0.05, 0) is 23.6 Å². The number of hydrogen-bond donors (Lipinski definition) is 2. The monoisotopic (exact) mass is 269 g/mol. The maximum Gasteiger partial charge on any atom is 0.325 e. The van der Waals surface area contributed by atoms with Gasteiger partial charge in [0.05, 0.1) is 0 Å². The molecular formula is C15H15N3O2. The molecule has 1 aromatic carbocycles. The van der Waals surface area contributed by atoms with E-state index in [0.29, 0.717) is 22.8 Å². The third-order valence-corrected chi connectivity index (χ3v) is 3.14. The summed E-state index contributed by atoms with van der Waals surface area (Å²) in [6.07, 6.45) is 1.60. The molecule has 0 aliphatic carbocycles. The van der Waals surface area contributed by atoms with Crippen LogP contribution < -0.4 is 10.4 Å². The highest BCUT2D eigenvalue weighted by Gasteiger charge is 2.08. The van der Waals surface area contributed by atoms with Gasteiger partial charge in [0.25, 0.3) is 0 Å². The van der Waals surface area contributed by atoms with E-state index in [1.807, 2.05) is 18.2 Å². The molecule has 3 aromatic rings. The summed E-state index contributed by atoms with van der Waals surface area (Å²) in [7, 11) is 0. The summed E-state index contributed by atoms with van der Waals surface area (Å²) in [6.45, 7) is 4.26. The van der Waals surface area contributed by atoms with Gasteiger partial charge in [-0.15, -0.1) is 0 Å². The minimum atomic E-state index is -0.292. The van der Waals surface area contributed by atoms with Crippen LogP contribution in [-0.2, 0) is 0 Å². The minimum Gasteiger partial charge on any atom is -0.455 e. The van der Waals surface area contributed by atoms with Crippen molar-refractivity contribution in [1.82, 2.24) is 15.0 Å². The smallest absolute Gasteiger partial charge is 0.325 e. The number of fused-ring (bicyclic) bond motifs is 1. The molecule has 2 heterocycles. The van der Waals surface area contributed by atoms with Crippen LogP contribution in [-0.4, -0.2) is 15.0 Å². The number of pyridine rings is 1. The molecular weight excluding hydrogens is 254 g/mol. The zero-order valence-electron chi connectivity index (χ0n) is 11.3. The molecule has 0 unspecified atom stereocenters. The Balaban J connectivity index is 2.01. The van der Waals surface area contributed by atoms with Crippen molar-refractivity contribution in [2.24, 2.45) is 0 Å². The number of aromatic nitrogens is 3. The van der Waals surface area contributed by atoms with E-state index in [9.17, 15) is 4.79 Å². The number of aromatic amines is 2. The first-order valence-corrected chi connectivity index (χ1v) is 6.48. The molecule has 0 fully saturated rings. The van der Waals surface area contributed by atoms with Crippen LogP contribution in [0, 0.1) is 0 Å². The highest BCUT2D eigenvalue weighted by Crippen LogP contribution is 2.28. The molecule has 2 aromatic heterocycles. The van der Waals surface area contributed by atoms with Crippen molar-refractivity contribution in [2.75, 3.05) is 0 Å². The average Bonchev–Trinajstić information content (AvgIpc) is 2.80. The molecule has 0 amide bonds. The summed E-state index contributed by atoms with van der Waals surface area (Å²) in [5, 5.41) is 0. The lowest BCUT2D eigenvalue weighted by atomic mass is 10.0. The third kappa shape index (κ3) is 2.30. The minimum absolute atomic E-state index is 0.292. The van der Waals surface area contributed by atoms with Crippen LogP contribution in [0.5, 0.6) is 11.5 Å². The number of rotatable bonds is 3. The molecule has 5 heteroatoms. The number of hydrogen-bond acceptors (Lipinski definition) is 3. The summed E-state index contributed by atoms with van der Waals surface area (Å²) in [5.74, 6) is 1.75. The summed E-state index contributed by atoms with van der Waals surface area (Å²) in [4.78, 5) is 20.7. The Labute approximate surface area is 115 Å². The van der Waals surface area contributed by atoms with E-state index in [4.69, 9.17) is 4.74 Å². The fourth-order valence-corrected chi connectivity index (χ4v) is 2.06. The summed E-state index contributed by atoms with van der Waals surface area (Å²) in [5.41, 5.74) is 1.98. The van der Waals surface area contributed by atoms with Crippen molar-refractivity contribution in [3.05, 3.63) is 52.6 Å². The standard InChI is InChI=1S/C15H15N3O2/c1-9(2)10-4-3-5-11(8-10)20-12-6-7-16-14-13(12)17-15(19)18-14/h3-9H,1-2H3,(H2,16,17,18,19). The van der Waals surface area contributed by atoms with Crippen molar-refractivity contribution in [2.45, 2.75) is 19.8 Å². The molecule has 0 spiro atoms. The van der Waals surface area contributed by atoms with Crippen LogP contribution in [0.1, 0.15) is 25.3 Å². The lowest BCUT2D eigenvalue weighted by Crippen LogP contribution is -1.99. The van der Waals surface area contributed by atoms with E-state index >= 15 is 0 Å². The van der Waals surface area contributed by atoms with Gasteiger partial charge in [-0.3, -0.25) is 4.98 Å². The van der Waals surface area contributed by atoms with Crippen LogP contribution in [0.4, 0.5) is 0 Å². The topological polar surface area (TPSA) is 70.8 Å². The second-order valence-electron chi connectivity index (χ2n) is 4.94. The second-order valence-corrected chi connectivity index (χ2v) is 4.94. The normalized spacial score (nSPS) is 11.2. The molecule has 5 nitrogen and oxygen atoms in total. The average molecular weight is 269 g/mol.